The monoisotopic (exact) mass is 308 g/mol. The van der Waals surface area contributed by atoms with E-state index in [2.05, 4.69) is 61.3 Å². The third-order valence-electron chi connectivity index (χ3n) is 4.23. The molecule has 6 heteroatoms. The average Bonchev–Trinajstić information content (AvgIpc) is 2.99. The molecule has 4 rings (SSSR count). The third-order valence-corrected chi connectivity index (χ3v) is 4.23. The zero-order chi connectivity index (χ0) is 15.6. The fraction of sp³-hybridized carbons (Fsp3) is 0.294. The zero-order valence-electron chi connectivity index (χ0n) is 12.9. The number of benzene rings is 1. The summed E-state index contributed by atoms with van der Waals surface area (Å²) in [7, 11) is 0. The minimum Gasteiger partial charge on any atom is -0.368 e. The number of anilines is 2. The molecule has 0 atom stereocenters. The van der Waals surface area contributed by atoms with Crippen molar-refractivity contribution in [3.05, 3.63) is 48.2 Å². The molecule has 0 saturated carbocycles. The second-order valence-electron chi connectivity index (χ2n) is 5.81. The molecule has 1 aliphatic heterocycles. The summed E-state index contributed by atoms with van der Waals surface area (Å²) in [6.45, 7) is 4.60. The summed E-state index contributed by atoms with van der Waals surface area (Å²) in [5.74, 6) is 1.28. The summed E-state index contributed by atoms with van der Waals surface area (Å²) in [6.07, 6.45) is 2.07. The molecule has 3 aromatic rings. The molecular weight excluding hydrogens is 288 g/mol. The molecule has 6 nitrogen and oxygen atoms in total. The second-order valence-corrected chi connectivity index (χ2v) is 5.81. The van der Waals surface area contributed by atoms with E-state index in [1.54, 1.807) is 0 Å². The lowest BCUT2D eigenvalue weighted by Gasteiger charge is -2.28. The van der Waals surface area contributed by atoms with Crippen molar-refractivity contribution in [1.82, 2.24) is 19.9 Å². The highest BCUT2D eigenvalue weighted by atomic mass is 15.3. The summed E-state index contributed by atoms with van der Waals surface area (Å²) < 4.78 is 2.13. The molecule has 0 bridgehead atoms. The standard InChI is InChI=1S/C17H20N6/c18-17-20-15(22-10-7-19-8-11-22)14-6-9-23(16(14)21-17)12-13-4-2-1-3-5-13/h1-6,9,19H,7-8,10-12H2,(H2,18,20,21). The van der Waals surface area contributed by atoms with Crippen LogP contribution < -0.4 is 16.0 Å². The van der Waals surface area contributed by atoms with Crippen LogP contribution in [0.3, 0.4) is 0 Å². The number of nitrogen functional groups attached to an aromatic ring is 1. The Bertz CT molecular complexity index is 805. The lowest BCUT2D eigenvalue weighted by molar-refractivity contribution is 0.586. The largest absolute Gasteiger partial charge is 0.368 e. The zero-order valence-corrected chi connectivity index (χ0v) is 12.9. The van der Waals surface area contributed by atoms with Gasteiger partial charge in [-0.2, -0.15) is 9.97 Å². The molecule has 1 saturated heterocycles. The molecule has 23 heavy (non-hydrogen) atoms. The van der Waals surface area contributed by atoms with Crippen LogP contribution >= 0.6 is 0 Å². The first-order chi connectivity index (χ1) is 11.3. The molecule has 0 aliphatic carbocycles. The number of hydrogen-bond acceptors (Lipinski definition) is 5. The second kappa shape index (κ2) is 5.89. The molecule has 3 heterocycles. The van der Waals surface area contributed by atoms with Crippen LogP contribution in [0.2, 0.25) is 0 Å². The number of rotatable bonds is 3. The minimum absolute atomic E-state index is 0.332. The van der Waals surface area contributed by atoms with Gasteiger partial charge in [-0.15, -0.1) is 0 Å². The summed E-state index contributed by atoms with van der Waals surface area (Å²) in [6, 6.07) is 12.5. The predicted molar refractivity (Wildman–Crippen MR) is 92.6 cm³/mol. The number of aromatic nitrogens is 3. The van der Waals surface area contributed by atoms with Crippen LogP contribution in [0.4, 0.5) is 11.8 Å². The van der Waals surface area contributed by atoms with E-state index in [4.69, 9.17) is 5.73 Å². The lowest BCUT2D eigenvalue weighted by atomic mass is 10.2. The highest BCUT2D eigenvalue weighted by Crippen LogP contribution is 2.26. The molecule has 3 N–H and O–H groups in total. The lowest BCUT2D eigenvalue weighted by Crippen LogP contribution is -2.44. The molecule has 0 radical (unpaired) electrons. The quantitative estimate of drug-likeness (QED) is 0.766. The van der Waals surface area contributed by atoms with Gasteiger partial charge < -0.3 is 20.5 Å². The van der Waals surface area contributed by atoms with E-state index in [1.807, 2.05) is 6.07 Å². The predicted octanol–water partition coefficient (Wildman–Crippen LogP) is 1.47. The summed E-state index contributed by atoms with van der Waals surface area (Å²) in [5.41, 5.74) is 8.11. The number of hydrogen-bond donors (Lipinski definition) is 2. The Labute approximate surface area is 134 Å². The molecule has 118 valence electrons. The van der Waals surface area contributed by atoms with E-state index in [-0.39, 0.29) is 0 Å². The number of nitrogens with two attached hydrogens (primary N) is 1. The van der Waals surface area contributed by atoms with E-state index < -0.39 is 0 Å². The van der Waals surface area contributed by atoms with Gasteiger partial charge in [0, 0.05) is 38.9 Å². The summed E-state index contributed by atoms with van der Waals surface area (Å²) in [4.78, 5) is 11.3. The first-order valence-corrected chi connectivity index (χ1v) is 7.93. The van der Waals surface area contributed by atoms with Crippen molar-refractivity contribution < 1.29 is 0 Å². The van der Waals surface area contributed by atoms with Gasteiger partial charge in [-0.3, -0.25) is 0 Å². The Morgan fingerprint density at radius 3 is 2.61 bits per heavy atom. The van der Waals surface area contributed by atoms with Gasteiger partial charge in [0.25, 0.3) is 0 Å². The molecule has 0 spiro atoms. The van der Waals surface area contributed by atoms with Crippen molar-refractivity contribution in [2.24, 2.45) is 0 Å². The van der Waals surface area contributed by atoms with E-state index in [0.29, 0.717) is 5.95 Å². The van der Waals surface area contributed by atoms with E-state index >= 15 is 0 Å². The fourth-order valence-electron chi connectivity index (χ4n) is 3.09. The first-order valence-electron chi connectivity index (χ1n) is 7.93. The normalized spacial score (nSPS) is 15.2. The summed E-state index contributed by atoms with van der Waals surface area (Å²) in [5, 5.41) is 4.43. The van der Waals surface area contributed by atoms with Crippen LogP contribution in [0.5, 0.6) is 0 Å². The maximum Gasteiger partial charge on any atom is 0.224 e. The molecular formula is C17H20N6. The number of nitrogens with zero attached hydrogens (tertiary/aromatic N) is 4. The first kappa shape index (κ1) is 14.0. The van der Waals surface area contributed by atoms with Crippen molar-refractivity contribution in [3.63, 3.8) is 0 Å². The summed E-state index contributed by atoms with van der Waals surface area (Å²) >= 11 is 0. The van der Waals surface area contributed by atoms with Crippen LogP contribution in [-0.2, 0) is 6.54 Å². The Morgan fingerprint density at radius 1 is 1.04 bits per heavy atom. The van der Waals surface area contributed by atoms with Crippen molar-refractivity contribution in [3.8, 4) is 0 Å². The number of fused-ring (bicyclic) bond motifs is 1. The smallest absolute Gasteiger partial charge is 0.224 e. The van der Waals surface area contributed by atoms with Gasteiger partial charge in [0.2, 0.25) is 5.95 Å². The van der Waals surface area contributed by atoms with Gasteiger partial charge >= 0.3 is 0 Å². The minimum atomic E-state index is 0.332. The van der Waals surface area contributed by atoms with Gasteiger partial charge in [-0.05, 0) is 11.6 Å². The van der Waals surface area contributed by atoms with Gasteiger partial charge in [0.1, 0.15) is 11.5 Å². The topological polar surface area (TPSA) is 72.0 Å². The third kappa shape index (κ3) is 2.73. The molecule has 0 amide bonds. The van der Waals surface area contributed by atoms with Crippen molar-refractivity contribution in [1.29, 1.82) is 0 Å². The van der Waals surface area contributed by atoms with Crippen LogP contribution in [0.1, 0.15) is 5.56 Å². The van der Waals surface area contributed by atoms with Gasteiger partial charge in [-0.1, -0.05) is 30.3 Å². The van der Waals surface area contributed by atoms with Crippen molar-refractivity contribution in [2.75, 3.05) is 36.8 Å². The fourth-order valence-corrected chi connectivity index (χ4v) is 3.09. The van der Waals surface area contributed by atoms with Crippen LogP contribution in [-0.4, -0.2) is 40.7 Å². The average molecular weight is 308 g/mol. The Morgan fingerprint density at radius 2 is 1.83 bits per heavy atom. The van der Waals surface area contributed by atoms with Gasteiger partial charge in [0.05, 0.1) is 5.39 Å². The maximum atomic E-state index is 5.97. The molecule has 0 unspecified atom stereocenters. The van der Waals surface area contributed by atoms with Crippen LogP contribution in [0.15, 0.2) is 42.6 Å². The van der Waals surface area contributed by atoms with Crippen molar-refractivity contribution >= 4 is 22.8 Å². The maximum absolute atomic E-state index is 5.97. The Balaban J connectivity index is 1.75. The molecule has 1 aromatic carbocycles. The van der Waals surface area contributed by atoms with Crippen LogP contribution in [0, 0.1) is 0 Å². The highest BCUT2D eigenvalue weighted by Gasteiger charge is 2.18. The molecule has 1 fully saturated rings. The van der Waals surface area contributed by atoms with E-state index in [0.717, 1.165) is 49.6 Å². The SMILES string of the molecule is Nc1nc(N2CCNCC2)c2ccn(Cc3ccccc3)c2n1. The Kier molecular flexibility index (Phi) is 3.59. The highest BCUT2D eigenvalue weighted by molar-refractivity contribution is 5.89. The molecule has 1 aliphatic rings. The Hall–Kier alpha value is -2.60. The van der Waals surface area contributed by atoms with E-state index in [9.17, 15) is 0 Å². The molecule has 2 aromatic heterocycles. The van der Waals surface area contributed by atoms with Crippen molar-refractivity contribution in [2.45, 2.75) is 6.54 Å². The van der Waals surface area contributed by atoms with E-state index in [1.165, 1.54) is 5.56 Å². The number of piperazine rings is 1. The van der Waals surface area contributed by atoms with Gasteiger partial charge in [0.15, 0.2) is 0 Å². The number of nitrogens with one attached hydrogen (secondary N) is 1. The van der Waals surface area contributed by atoms with Crippen LogP contribution in [0.25, 0.3) is 11.0 Å². The van der Waals surface area contributed by atoms with Gasteiger partial charge in [-0.25, -0.2) is 0 Å².